The summed E-state index contributed by atoms with van der Waals surface area (Å²) in [4.78, 5) is 15.0. The molecule has 7 heteroatoms. The Morgan fingerprint density at radius 1 is 1.26 bits per heavy atom. The normalized spacial score (nSPS) is 21.5. The molecule has 3 heterocycles. The molecule has 0 saturated carbocycles. The summed E-state index contributed by atoms with van der Waals surface area (Å²) in [5.74, 6) is 2.43. The summed E-state index contributed by atoms with van der Waals surface area (Å²) in [5, 5.41) is 7.79. The predicted molar refractivity (Wildman–Crippen MR) is 95.4 cm³/mol. The molecule has 0 bridgehead atoms. The maximum Gasteiger partial charge on any atom is 0.273 e. The number of nitrogens with one attached hydrogen (secondary N) is 1. The molecule has 23 heavy (non-hydrogen) atoms. The van der Waals surface area contributed by atoms with Gasteiger partial charge in [0, 0.05) is 32.2 Å². The van der Waals surface area contributed by atoms with E-state index in [9.17, 15) is 4.79 Å². The number of aryl methyl sites for hydroxylation is 1. The van der Waals surface area contributed by atoms with Gasteiger partial charge in [-0.15, -0.1) is 0 Å². The van der Waals surface area contributed by atoms with Crippen molar-refractivity contribution in [2.45, 2.75) is 44.7 Å². The third kappa shape index (κ3) is 3.86. The highest BCUT2D eigenvalue weighted by molar-refractivity contribution is 7.99. The lowest BCUT2D eigenvalue weighted by molar-refractivity contribution is 0.0881. The van der Waals surface area contributed by atoms with Crippen molar-refractivity contribution in [1.29, 1.82) is 0 Å². The van der Waals surface area contributed by atoms with Crippen LogP contribution in [0.1, 0.15) is 41.9 Å². The summed E-state index contributed by atoms with van der Waals surface area (Å²) in [6.45, 7) is 4.03. The minimum Gasteiger partial charge on any atom is -0.348 e. The highest BCUT2D eigenvalue weighted by atomic mass is 35.5. The van der Waals surface area contributed by atoms with Crippen LogP contribution in [0.15, 0.2) is 0 Å². The molecule has 1 amide bonds. The lowest BCUT2D eigenvalue weighted by Crippen LogP contribution is -2.48. The zero-order valence-corrected chi connectivity index (χ0v) is 15.4. The Balaban J connectivity index is 1.52. The highest BCUT2D eigenvalue weighted by Gasteiger charge is 2.28. The molecule has 0 aromatic carbocycles. The number of hydrogen-bond donors (Lipinski definition) is 1. The van der Waals surface area contributed by atoms with Gasteiger partial charge in [-0.05, 0) is 44.1 Å². The standard InChI is InChI=1S/C16H25ClN4OS/c1-11-14(17)15(19-20(11)2)16(22)18-12-3-7-21(8-4-12)13-5-9-23-10-6-13/h12-13H,3-10H2,1-2H3,(H,18,22). The molecule has 0 atom stereocenters. The van der Waals surface area contributed by atoms with Crippen LogP contribution >= 0.6 is 23.4 Å². The van der Waals surface area contributed by atoms with Crippen LogP contribution in [0.25, 0.3) is 0 Å². The van der Waals surface area contributed by atoms with Crippen LogP contribution in [-0.4, -0.2) is 57.3 Å². The minimum atomic E-state index is -0.147. The van der Waals surface area contributed by atoms with E-state index in [1.165, 1.54) is 24.3 Å². The van der Waals surface area contributed by atoms with E-state index in [1.54, 1.807) is 11.7 Å². The molecule has 1 aromatic heterocycles. The van der Waals surface area contributed by atoms with E-state index in [0.717, 1.165) is 37.7 Å². The maximum absolute atomic E-state index is 12.4. The summed E-state index contributed by atoms with van der Waals surface area (Å²) < 4.78 is 1.65. The van der Waals surface area contributed by atoms with Crippen molar-refractivity contribution in [2.75, 3.05) is 24.6 Å². The molecular weight excluding hydrogens is 332 g/mol. The monoisotopic (exact) mass is 356 g/mol. The molecule has 2 fully saturated rings. The molecule has 128 valence electrons. The van der Waals surface area contributed by atoms with Crippen LogP contribution in [0.3, 0.4) is 0 Å². The quantitative estimate of drug-likeness (QED) is 0.903. The summed E-state index contributed by atoms with van der Waals surface area (Å²) in [7, 11) is 1.80. The topological polar surface area (TPSA) is 50.2 Å². The van der Waals surface area contributed by atoms with E-state index >= 15 is 0 Å². The number of hydrogen-bond acceptors (Lipinski definition) is 4. The smallest absolute Gasteiger partial charge is 0.273 e. The van der Waals surface area contributed by atoms with Crippen molar-refractivity contribution < 1.29 is 4.79 Å². The molecule has 0 spiro atoms. The number of rotatable bonds is 3. The molecule has 2 aliphatic rings. The minimum absolute atomic E-state index is 0.147. The average Bonchev–Trinajstić information content (AvgIpc) is 2.84. The lowest BCUT2D eigenvalue weighted by Gasteiger charge is -2.39. The van der Waals surface area contributed by atoms with Gasteiger partial charge in [0.15, 0.2) is 5.69 Å². The van der Waals surface area contributed by atoms with E-state index in [1.807, 2.05) is 6.92 Å². The fraction of sp³-hybridized carbons (Fsp3) is 0.750. The van der Waals surface area contributed by atoms with Crippen molar-refractivity contribution in [1.82, 2.24) is 20.0 Å². The second-order valence-electron chi connectivity index (χ2n) is 6.50. The molecule has 3 rings (SSSR count). The van der Waals surface area contributed by atoms with Gasteiger partial charge in [0.1, 0.15) is 0 Å². The van der Waals surface area contributed by atoms with Crippen molar-refractivity contribution in [3.05, 3.63) is 16.4 Å². The van der Waals surface area contributed by atoms with Crippen molar-refractivity contribution >= 4 is 29.3 Å². The first-order valence-electron chi connectivity index (χ1n) is 8.38. The molecule has 0 unspecified atom stereocenters. The Bertz CT molecular complexity index is 563. The Labute approximate surface area is 147 Å². The number of halogens is 1. The van der Waals surface area contributed by atoms with Crippen LogP contribution in [0.2, 0.25) is 5.02 Å². The number of aromatic nitrogens is 2. The van der Waals surface area contributed by atoms with Crippen LogP contribution in [0, 0.1) is 6.92 Å². The Morgan fingerprint density at radius 3 is 2.48 bits per heavy atom. The van der Waals surface area contributed by atoms with E-state index in [0.29, 0.717) is 10.7 Å². The summed E-state index contributed by atoms with van der Waals surface area (Å²) >= 11 is 8.27. The van der Waals surface area contributed by atoms with Gasteiger partial charge >= 0.3 is 0 Å². The summed E-state index contributed by atoms with van der Waals surface area (Å²) in [5.41, 5.74) is 1.17. The lowest BCUT2D eigenvalue weighted by atomic mass is 10.0. The first kappa shape index (κ1) is 17.1. The number of likely N-dealkylation sites (tertiary alicyclic amines) is 1. The second kappa shape index (κ2) is 7.45. The number of piperidine rings is 1. The van der Waals surface area contributed by atoms with Crippen LogP contribution < -0.4 is 5.32 Å². The Kier molecular flexibility index (Phi) is 5.54. The molecule has 5 nitrogen and oxygen atoms in total. The van der Waals surface area contributed by atoms with Gasteiger partial charge in [0.2, 0.25) is 0 Å². The average molecular weight is 357 g/mol. The molecule has 0 radical (unpaired) electrons. The molecule has 1 aromatic rings. The third-order valence-corrected chi connectivity index (χ3v) is 6.55. The molecule has 0 aliphatic carbocycles. The van der Waals surface area contributed by atoms with Crippen molar-refractivity contribution in [2.24, 2.45) is 7.05 Å². The number of amides is 1. The van der Waals surface area contributed by atoms with E-state index in [-0.39, 0.29) is 11.9 Å². The van der Waals surface area contributed by atoms with Gasteiger partial charge in [-0.2, -0.15) is 16.9 Å². The number of carbonyl (C=O) groups excluding carboxylic acids is 1. The van der Waals surface area contributed by atoms with E-state index in [4.69, 9.17) is 11.6 Å². The van der Waals surface area contributed by atoms with Crippen LogP contribution in [0.5, 0.6) is 0 Å². The fourth-order valence-electron chi connectivity index (χ4n) is 3.44. The zero-order chi connectivity index (χ0) is 16.4. The van der Waals surface area contributed by atoms with Crippen LogP contribution in [-0.2, 0) is 7.05 Å². The fourth-order valence-corrected chi connectivity index (χ4v) is 4.77. The maximum atomic E-state index is 12.4. The second-order valence-corrected chi connectivity index (χ2v) is 8.10. The Morgan fingerprint density at radius 2 is 1.91 bits per heavy atom. The zero-order valence-electron chi connectivity index (χ0n) is 13.8. The van der Waals surface area contributed by atoms with Gasteiger partial charge in [0.25, 0.3) is 5.91 Å². The Hall–Kier alpha value is -0.720. The van der Waals surface area contributed by atoms with Gasteiger partial charge in [-0.3, -0.25) is 9.48 Å². The first-order valence-corrected chi connectivity index (χ1v) is 9.91. The highest BCUT2D eigenvalue weighted by Crippen LogP contribution is 2.25. The molecule has 2 aliphatic heterocycles. The van der Waals surface area contributed by atoms with Gasteiger partial charge in [-0.25, -0.2) is 0 Å². The summed E-state index contributed by atoms with van der Waals surface area (Å²) in [6.07, 6.45) is 4.65. The van der Waals surface area contributed by atoms with E-state index in [2.05, 4.69) is 27.1 Å². The molecule has 1 N–H and O–H groups in total. The van der Waals surface area contributed by atoms with Crippen molar-refractivity contribution in [3.8, 4) is 0 Å². The number of carbonyl (C=O) groups is 1. The first-order chi connectivity index (χ1) is 11.1. The van der Waals surface area contributed by atoms with Gasteiger partial charge in [-0.1, -0.05) is 11.6 Å². The SMILES string of the molecule is Cc1c(Cl)c(C(=O)NC2CCN(C3CCSCC3)CC2)nn1C. The van der Waals surface area contributed by atoms with Gasteiger partial charge < -0.3 is 10.2 Å². The van der Waals surface area contributed by atoms with E-state index < -0.39 is 0 Å². The van der Waals surface area contributed by atoms with Crippen molar-refractivity contribution in [3.63, 3.8) is 0 Å². The number of nitrogens with zero attached hydrogens (tertiary/aromatic N) is 3. The number of thioether (sulfide) groups is 1. The predicted octanol–water partition coefficient (Wildman–Crippen LogP) is 2.47. The molecular formula is C16H25ClN4OS. The van der Waals surface area contributed by atoms with Crippen LogP contribution in [0.4, 0.5) is 0 Å². The summed E-state index contributed by atoms with van der Waals surface area (Å²) in [6, 6.07) is 0.982. The van der Waals surface area contributed by atoms with Gasteiger partial charge in [0.05, 0.1) is 10.7 Å². The third-order valence-electron chi connectivity index (χ3n) is 5.05. The molecule has 2 saturated heterocycles. The largest absolute Gasteiger partial charge is 0.348 e.